The molecule has 0 spiro atoms. The lowest BCUT2D eigenvalue weighted by Crippen LogP contribution is -2.42. The summed E-state index contributed by atoms with van der Waals surface area (Å²) >= 11 is 0. The van der Waals surface area contributed by atoms with E-state index in [4.69, 9.17) is 6.42 Å². The van der Waals surface area contributed by atoms with Crippen LogP contribution in [0.3, 0.4) is 0 Å². The second-order valence-corrected chi connectivity index (χ2v) is 4.64. The number of terminal acetylenes is 1. The molecule has 0 radical (unpaired) electrons. The smallest absolute Gasteiger partial charge is 0.0240 e. The van der Waals surface area contributed by atoms with Crippen molar-refractivity contribution in [1.82, 2.24) is 10.6 Å². The zero-order chi connectivity index (χ0) is 11.0. The molecule has 2 nitrogen and oxygen atoms in total. The first kappa shape index (κ1) is 13.5. The Morgan fingerprint density at radius 1 is 1.29 bits per heavy atom. The minimum atomic E-state index is 0.204. The van der Waals surface area contributed by atoms with Crippen molar-refractivity contribution in [3.05, 3.63) is 0 Å². The highest BCUT2D eigenvalue weighted by Gasteiger charge is 2.08. The van der Waals surface area contributed by atoms with E-state index in [0.717, 1.165) is 25.9 Å². The summed E-state index contributed by atoms with van der Waals surface area (Å²) < 4.78 is 0. The van der Waals surface area contributed by atoms with Gasteiger partial charge in [0.25, 0.3) is 0 Å². The predicted octanol–water partition coefficient (Wildman–Crippen LogP) is 1.77. The second kappa shape index (κ2) is 6.86. The Kier molecular flexibility index (Phi) is 6.61. The first-order valence-corrected chi connectivity index (χ1v) is 5.41. The second-order valence-electron chi connectivity index (χ2n) is 4.64. The van der Waals surface area contributed by atoms with Crippen LogP contribution in [-0.4, -0.2) is 24.7 Å². The standard InChI is InChI=1S/C12H24N2/c1-6-8-11(7-2)13-9-10-14-12(3,4)5/h1,11,13-14H,7-10H2,2-5H3. The highest BCUT2D eigenvalue weighted by atomic mass is 15.0. The van der Waals surface area contributed by atoms with Gasteiger partial charge >= 0.3 is 0 Å². The monoisotopic (exact) mass is 196 g/mol. The van der Waals surface area contributed by atoms with Gasteiger partial charge in [-0.15, -0.1) is 12.3 Å². The van der Waals surface area contributed by atoms with E-state index in [1.807, 2.05) is 0 Å². The van der Waals surface area contributed by atoms with Gasteiger partial charge in [0.1, 0.15) is 0 Å². The summed E-state index contributed by atoms with van der Waals surface area (Å²) in [6.45, 7) is 10.7. The molecular formula is C12H24N2. The van der Waals surface area contributed by atoms with E-state index >= 15 is 0 Å². The summed E-state index contributed by atoms with van der Waals surface area (Å²) in [7, 11) is 0. The molecule has 0 aromatic rings. The molecule has 0 saturated heterocycles. The SMILES string of the molecule is C#CCC(CC)NCCNC(C)(C)C. The molecule has 14 heavy (non-hydrogen) atoms. The molecule has 0 saturated carbocycles. The average Bonchev–Trinajstić information content (AvgIpc) is 2.08. The summed E-state index contributed by atoms with van der Waals surface area (Å²) in [6.07, 6.45) is 7.20. The molecule has 82 valence electrons. The first-order valence-electron chi connectivity index (χ1n) is 5.41. The molecule has 0 fully saturated rings. The van der Waals surface area contributed by atoms with E-state index < -0.39 is 0 Å². The van der Waals surface area contributed by atoms with E-state index in [1.54, 1.807) is 0 Å². The van der Waals surface area contributed by atoms with E-state index in [1.165, 1.54) is 0 Å². The van der Waals surface area contributed by atoms with Crippen LogP contribution in [0.1, 0.15) is 40.5 Å². The summed E-state index contributed by atoms with van der Waals surface area (Å²) in [5, 5.41) is 6.87. The van der Waals surface area contributed by atoms with E-state index in [2.05, 4.69) is 44.2 Å². The quantitative estimate of drug-likeness (QED) is 0.500. The Hall–Kier alpha value is -0.520. The lowest BCUT2D eigenvalue weighted by molar-refractivity contribution is 0.407. The Bertz CT molecular complexity index is 174. The Balaban J connectivity index is 3.48. The van der Waals surface area contributed by atoms with Crippen molar-refractivity contribution in [3.8, 4) is 12.3 Å². The van der Waals surface area contributed by atoms with Crippen molar-refractivity contribution in [1.29, 1.82) is 0 Å². The number of rotatable bonds is 6. The number of nitrogens with one attached hydrogen (secondary N) is 2. The van der Waals surface area contributed by atoms with Gasteiger partial charge in [0.15, 0.2) is 0 Å². The van der Waals surface area contributed by atoms with Crippen LogP contribution in [0.25, 0.3) is 0 Å². The van der Waals surface area contributed by atoms with Gasteiger partial charge < -0.3 is 10.6 Å². The molecule has 0 aliphatic rings. The minimum absolute atomic E-state index is 0.204. The maximum Gasteiger partial charge on any atom is 0.0240 e. The maximum absolute atomic E-state index is 5.27. The molecule has 2 N–H and O–H groups in total. The van der Waals surface area contributed by atoms with E-state index in [9.17, 15) is 0 Å². The van der Waals surface area contributed by atoms with Crippen LogP contribution in [0.4, 0.5) is 0 Å². The molecule has 0 aromatic heterocycles. The summed E-state index contributed by atoms with van der Waals surface area (Å²) in [5.41, 5.74) is 0.204. The zero-order valence-corrected chi connectivity index (χ0v) is 9.98. The summed E-state index contributed by atoms with van der Waals surface area (Å²) in [5.74, 6) is 2.69. The van der Waals surface area contributed by atoms with Crippen molar-refractivity contribution in [2.75, 3.05) is 13.1 Å². The highest BCUT2D eigenvalue weighted by molar-refractivity contribution is 4.89. The maximum atomic E-state index is 5.27. The molecule has 2 heteroatoms. The zero-order valence-electron chi connectivity index (χ0n) is 9.98. The summed E-state index contributed by atoms with van der Waals surface area (Å²) in [4.78, 5) is 0. The van der Waals surface area contributed by atoms with Crippen molar-refractivity contribution in [2.24, 2.45) is 0 Å². The predicted molar refractivity (Wildman–Crippen MR) is 63.3 cm³/mol. The normalized spacial score (nSPS) is 13.6. The van der Waals surface area contributed by atoms with Crippen LogP contribution < -0.4 is 10.6 Å². The fourth-order valence-corrected chi connectivity index (χ4v) is 1.22. The minimum Gasteiger partial charge on any atom is -0.312 e. The molecule has 0 heterocycles. The van der Waals surface area contributed by atoms with Crippen LogP contribution in [0.5, 0.6) is 0 Å². The molecule has 0 aliphatic heterocycles. The van der Waals surface area contributed by atoms with Crippen LogP contribution >= 0.6 is 0 Å². The molecule has 0 amide bonds. The van der Waals surface area contributed by atoms with Crippen molar-refractivity contribution in [2.45, 2.75) is 52.1 Å². The third kappa shape index (κ3) is 8.10. The van der Waals surface area contributed by atoms with Gasteiger partial charge in [0.2, 0.25) is 0 Å². The van der Waals surface area contributed by atoms with Gasteiger partial charge in [-0.3, -0.25) is 0 Å². The molecule has 0 rings (SSSR count). The number of hydrogen-bond donors (Lipinski definition) is 2. The van der Waals surface area contributed by atoms with Gasteiger partial charge in [0, 0.05) is 31.1 Å². The van der Waals surface area contributed by atoms with Crippen molar-refractivity contribution < 1.29 is 0 Å². The topological polar surface area (TPSA) is 24.1 Å². The average molecular weight is 196 g/mol. The van der Waals surface area contributed by atoms with Gasteiger partial charge in [-0.2, -0.15) is 0 Å². The van der Waals surface area contributed by atoms with Crippen LogP contribution in [0, 0.1) is 12.3 Å². The van der Waals surface area contributed by atoms with Crippen molar-refractivity contribution in [3.63, 3.8) is 0 Å². The molecule has 0 aromatic carbocycles. The lowest BCUT2D eigenvalue weighted by Gasteiger charge is -2.22. The van der Waals surface area contributed by atoms with E-state index in [0.29, 0.717) is 6.04 Å². The van der Waals surface area contributed by atoms with E-state index in [-0.39, 0.29) is 5.54 Å². The van der Waals surface area contributed by atoms with Gasteiger partial charge in [-0.05, 0) is 27.2 Å². The third-order valence-electron chi connectivity index (χ3n) is 2.07. The third-order valence-corrected chi connectivity index (χ3v) is 2.07. The van der Waals surface area contributed by atoms with Crippen LogP contribution in [0.2, 0.25) is 0 Å². The molecule has 0 aliphatic carbocycles. The first-order chi connectivity index (χ1) is 6.49. The summed E-state index contributed by atoms with van der Waals surface area (Å²) in [6, 6.07) is 0.474. The lowest BCUT2D eigenvalue weighted by atomic mass is 10.1. The van der Waals surface area contributed by atoms with Crippen molar-refractivity contribution >= 4 is 0 Å². The Morgan fingerprint density at radius 2 is 1.93 bits per heavy atom. The fourth-order valence-electron chi connectivity index (χ4n) is 1.22. The van der Waals surface area contributed by atoms with Crippen LogP contribution in [-0.2, 0) is 0 Å². The Morgan fingerprint density at radius 3 is 2.36 bits per heavy atom. The van der Waals surface area contributed by atoms with Gasteiger partial charge in [-0.25, -0.2) is 0 Å². The fraction of sp³-hybridized carbons (Fsp3) is 0.833. The van der Waals surface area contributed by atoms with Gasteiger partial charge in [0.05, 0.1) is 0 Å². The largest absolute Gasteiger partial charge is 0.312 e. The highest BCUT2D eigenvalue weighted by Crippen LogP contribution is 1.97. The van der Waals surface area contributed by atoms with Gasteiger partial charge in [-0.1, -0.05) is 6.92 Å². The molecule has 0 bridgehead atoms. The molecular weight excluding hydrogens is 172 g/mol. The Labute approximate surface area is 88.9 Å². The van der Waals surface area contributed by atoms with Crippen LogP contribution in [0.15, 0.2) is 0 Å². The number of hydrogen-bond acceptors (Lipinski definition) is 2. The molecule has 1 unspecified atom stereocenters. The molecule has 1 atom stereocenters.